The molecule has 3 rings (SSSR count). The number of carbonyl (C=O) groups is 1. The summed E-state index contributed by atoms with van der Waals surface area (Å²) in [6, 6.07) is 21.0. The molecule has 0 aliphatic carbocycles. The average Bonchev–Trinajstić information content (AvgIpc) is 2.74. The lowest BCUT2D eigenvalue weighted by molar-refractivity contribution is 0.102. The van der Waals surface area contributed by atoms with E-state index < -0.39 is 21.7 Å². The van der Waals surface area contributed by atoms with Gasteiger partial charge in [0.2, 0.25) is 0 Å². The first-order valence-electron chi connectivity index (χ1n) is 9.03. The number of amides is 1. The molecule has 1 amide bonds. The van der Waals surface area contributed by atoms with Crippen LogP contribution in [0, 0.1) is 0 Å². The van der Waals surface area contributed by atoms with E-state index >= 15 is 0 Å². The number of halogens is 2. The Bertz CT molecular complexity index is 1150. The lowest BCUT2D eigenvalue weighted by Crippen LogP contribution is -2.12. The summed E-state index contributed by atoms with van der Waals surface area (Å²) in [5.41, 5.74) is 1.83. The Morgan fingerprint density at radius 2 is 1.48 bits per heavy atom. The monoisotopic (exact) mass is 460 g/mol. The van der Waals surface area contributed by atoms with Gasteiger partial charge in [0.1, 0.15) is 0 Å². The van der Waals surface area contributed by atoms with Crippen LogP contribution in [-0.2, 0) is 10.0 Å². The molecule has 0 saturated heterocycles. The van der Waals surface area contributed by atoms with Gasteiger partial charge in [0.15, 0.2) is 0 Å². The van der Waals surface area contributed by atoms with Gasteiger partial charge in [-0.15, -0.1) is 0 Å². The molecule has 2 N–H and O–H groups in total. The minimum absolute atomic E-state index is 0.308. The maximum Gasteiger partial charge on any atom is 0.288 e. The third-order valence-electron chi connectivity index (χ3n) is 3.98. The van der Waals surface area contributed by atoms with E-state index in [9.17, 15) is 22.0 Å². The van der Waals surface area contributed by atoms with E-state index in [1.165, 1.54) is 54.6 Å². The van der Waals surface area contributed by atoms with Gasteiger partial charge in [-0.3, -0.25) is 9.52 Å². The molecule has 3 aromatic rings. The van der Waals surface area contributed by atoms with Crippen LogP contribution in [0.25, 0.3) is 6.08 Å². The Hall–Kier alpha value is -3.17. The van der Waals surface area contributed by atoms with E-state index in [0.29, 0.717) is 33.6 Å². The van der Waals surface area contributed by atoms with Crippen molar-refractivity contribution in [3.63, 3.8) is 0 Å². The van der Waals surface area contributed by atoms with Gasteiger partial charge in [-0.2, -0.15) is 8.78 Å². The molecule has 31 heavy (non-hydrogen) atoms. The molecule has 0 saturated carbocycles. The van der Waals surface area contributed by atoms with Gasteiger partial charge in [-0.25, -0.2) is 8.42 Å². The van der Waals surface area contributed by atoms with Gasteiger partial charge < -0.3 is 5.32 Å². The van der Waals surface area contributed by atoms with Crippen molar-refractivity contribution in [3.05, 3.63) is 95.4 Å². The summed E-state index contributed by atoms with van der Waals surface area (Å²) in [6.45, 7) is 0. The van der Waals surface area contributed by atoms with E-state index in [1.54, 1.807) is 24.3 Å². The molecule has 0 aliphatic rings. The van der Waals surface area contributed by atoms with Gasteiger partial charge in [-0.05, 0) is 60.2 Å². The molecule has 9 heteroatoms. The van der Waals surface area contributed by atoms with Crippen molar-refractivity contribution in [3.8, 4) is 0 Å². The molecule has 0 fully saturated rings. The van der Waals surface area contributed by atoms with E-state index in [2.05, 4.69) is 10.0 Å². The Morgan fingerprint density at radius 1 is 0.871 bits per heavy atom. The van der Waals surface area contributed by atoms with Gasteiger partial charge in [-0.1, -0.05) is 42.1 Å². The standard InChI is InChI=1S/C22H18F2N2O3S2/c23-22(24)30-20-12-10-18(11-13-20)25-21(27)17-6-8-19(9-7-17)26-31(28,29)15-14-16-4-2-1-3-5-16/h1-15,22,26H,(H,25,27)/b15-14+. The first-order valence-corrected chi connectivity index (χ1v) is 11.5. The van der Waals surface area contributed by atoms with Crippen LogP contribution in [0.15, 0.2) is 89.2 Å². The van der Waals surface area contributed by atoms with Crippen molar-refractivity contribution in [2.45, 2.75) is 10.7 Å². The third kappa shape index (κ3) is 7.23. The van der Waals surface area contributed by atoms with Gasteiger partial charge in [0, 0.05) is 21.8 Å². The van der Waals surface area contributed by atoms with Crippen molar-refractivity contribution in [2.24, 2.45) is 0 Å². The predicted octanol–water partition coefficient (Wildman–Crippen LogP) is 5.67. The highest BCUT2D eigenvalue weighted by Gasteiger charge is 2.10. The van der Waals surface area contributed by atoms with Crippen LogP contribution in [0.5, 0.6) is 0 Å². The molecule has 0 heterocycles. The highest BCUT2D eigenvalue weighted by Crippen LogP contribution is 2.26. The van der Waals surface area contributed by atoms with Crippen LogP contribution in [0.4, 0.5) is 20.2 Å². The lowest BCUT2D eigenvalue weighted by atomic mass is 10.2. The number of sulfonamides is 1. The fourth-order valence-electron chi connectivity index (χ4n) is 2.54. The van der Waals surface area contributed by atoms with Crippen LogP contribution >= 0.6 is 11.8 Å². The summed E-state index contributed by atoms with van der Waals surface area (Å²) in [6.07, 6.45) is 1.48. The normalized spacial score (nSPS) is 11.6. The SMILES string of the molecule is O=C(Nc1ccc(SC(F)F)cc1)c1ccc(NS(=O)(=O)/C=C/c2ccccc2)cc1. The maximum absolute atomic E-state index is 12.4. The summed E-state index contributed by atoms with van der Waals surface area (Å²) in [7, 11) is -3.71. The molecular formula is C22H18F2N2O3S2. The number of nitrogens with one attached hydrogen (secondary N) is 2. The first-order chi connectivity index (χ1) is 14.8. The Kier molecular flexibility index (Phi) is 7.43. The molecule has 0 aromatic heterocycles. The van der Waals surface area contributed by atoms with Gasteiger partial charge in [0.05, 0.1) is 5.41 Å². The number of anilines is 2. The Balaban J connectivity index is 1.60. The molecule has 0 bridgehead atoms. The summed E-state index contributed by atoms with van der Waals surface area (Å²) in [4.78, 5) is 12.7. The quantitative estimate of drug-likeness (QED) is 0.425. The van der Waals surface area contributed by atoms with E-state index in [1.807, 2.05) is 6.07 Å². The zero-order valence-electron chi connectivity index (χ0n) is 16.0. The topological polar surface area (TPSA) is 75.3 Å². The zero-order valence-corrected chi connectivity index (χ0v) is 17.7. The van der Waals surface area contributed by atoms with Crippen molar-refractivity contribution >= 4 is 45.1 Å². The number of carbonyl (C=O) groups excluding carboxylic acids is 1. The van der Waals surface area contributed by atoms with Crippen molar-refractivity contribution in [2.75, 3.05) is 10.0 Å². The smallest absolute Gasteiger partial charge is 0.288 e. The molecule has 0 unspecified atom stereocenters. The largest absolute Gasteiger partial charge is 0.322 e. The maximum atomic E-state index is 12.4. The number of alkyl halides is 2. The third-order valence-corrected chi connectivity index (χ3v) is 5.72. The Labute approximate surface area is 183 Å². The summed E-state index contributed by atoms with van der Waals surface area (Å²) < 4.78 is 51.5. The minimum Gasteiger partial charge on any atom is -0.322 e. The highest BCUT2D eigenvalue weighted by atomic mass is 32.2. The highest BCUT2D eigenvalue weighted by molar-refractivity contribution is 7.99. The van der Waals surface area contributed by atoms with Crippen LogP contribution < -0.4 is 10.0 Å². The molecule has 0 atom stereocenters. The predicted molar refractivity (Wildman–Crippen MR) is 121 cm³/mol. The molecule has 3 aromatic carbocycles. The molecular weight excluding hydrogens is 442 g/mol. The number of rotatable bonds is 8. The van der Waals surface area contributed by atoms with E-state index in [4.69, 9.17) is 0 Å². The van der Waals surface area contributed by atoms with Gasteiger partial charge >= 0.3 is 0 Å². The van der Waals surface area contributed by atoms with E-state index in [0.717, 1.165) is 11.0 Å². The van der Waals surface area contributed by atoms with E-state index in [-0.39, 0.29) is 0 Å². The second-order valence-electron chi connectivity index (χ2n) is 6.29. The number of thioether (sulfide) groups is 1. The minimum atomic E-state index is -3.71. The Morgan fingerprint density at radius 3 is 2.10 bits per heavy atom. The molecule has 5 nitrogen and oxygen atoms in total. The fraction of sp³-hybridized carbons (Fsp3) is 0.0455. The summed E-state index contributed by atoms with van der Waals surface area (Å²) in [5.74, 6) is -2.92. The van der Waals surface area contributed by atoms with Crippen LogP contribution in [0.3, 0.4) is 0 Å². The zero-order chi connectivity index (χ0) is 22.3. The van der Waals surface area contributed by atoms with Gasteiger partial charge in [0.25, 0.3) is 21.7 Å². The average molecular weight is 461 g/mol. The van der Waals surface area contributed by atoms with Crippen molar-refractivity contribution < 1.29 is 22.0 Å². The number of hydrogen-bond acceptors (Lipinski definition) is 4. The molecule has 0 radical (unpaired) electrons. The second kappa shape index (κ2) is 10.2. The molecule has 160 valence electrons. The number of benzene rings is 3. The summed E-state index contributed by atoms with van der Waals surface area (Å²) in [5, 5.41) is 3.73. The fourth-order valence-corrected chi connectivity index (χ4v) is 3.91. The van der Waals surface area contributed by atoms with Crippen LogP contribution in [-0.4, -0.2) is 20.1 Å². The first kappa shape index (κ1) is 22.5. The van der Waals surface area contributed by atoms with Crippen molar-refractivity contribution in [1.82, 2.24) is 0 Å². The summed E-state index contributed by atoms with van der Waals surface area (Å²) >= 11 is 0.424. The second-order valence-corrected chi connectivity index (χ2v) is 8.92. The van der Waals surface area contributed by atoms with Crippen LogP contribution in [0.2, 0.25) is 0 Å². The lowest BCUT2D eigenvalue weighted by Gasteiger charge is -2.08. The molecule has 0 aliphatic heterocycles. The van der Waals surface area contributed by atoms with Crippen LogP contribution in [0.1, 0.15) is 15.9 Å². The van der Waals surface area contributed by atoms with Crippen molar-refractivity contribution in [1.29, 1.82) is 0 Å². The number of hydrogen-bond donors (Lipinski definition) is 2. The molecule has 0 spiro atoms.